The van der Waals surface area contributed by atoms with E-state index in [0.717, 1.165) is 5.69 Å². The van der Waals surface area contributed by atoms with Gasteiger partial charge in [-0.05, 0) is 13.0 Å². The number of H-pyrrole nitrogens is 1. The number of nitrogens with zero attached hydrogens (tertiary/aromatic N) is 3. The van der Waals surface area contributed by atoms with Crippen molar-refractivity contribution in [2.24, 2.45) is 0 Å². The Kier molecular flexibility index (Phi) is 1.21. The molecule has 0 amide bonds. The maximum atomic E-state index is 4.79. The number of aromatic amines is 1. The molecule has 0 bridgehead atoms. The normalized spacial score (nSPS) is 10.3. The van der Waals surface area contributed by atoms with E-state index in [4.69, 9.17) is 4.52 Å². The van der Waals surface area contributed by atoms with Gasteiger partial charge in [-0.1, -0.05) is 5.16 Å². The summed E-state index contributed by atoms with van der Waals surface area (Å²) in [6, 6.07) is 1.84. The van der Waals surface area contributed by atoms with Gasteiger partial charge in [-0.3, -0.25) is 5.10 Å². The molecule has 0 aliphatic heterocycles. The van der Waals surface area contributed by atoms with Gasteiger partial charge in [0, 0.05) is 5.69 Å². The monoisotopic (exact) mass is 150 g/mol. The van der Waals surface area contributed by atoms with Crippen LogP contribution in [0, 0.1) is 6.92 Å². The molecule has 0 radical (unpaired) electrons. The van der Waals surface area contributed by atoms with Crippen LogP contribution in [-0.4, -0.2) is 20.3 Å². The van der Waals surface area contributed by atoms with E-state index in [1.165, 1.54) is 6.33 Å². The molecule has 2 aromatic rings. The van der Waals surface area contributed by atoms with Gasteiger partial charge in [-0.15, -0.1) is 0 Å². The van der Waals surface area contributed by atoms with Crippen LogP contribution in [0.15, 0.2) is 16.9 Å². The first kappa shape index (κ1) is 6.09. The van der Waals surface area contributed by atoms with E-state index in [1.807, 2.05) is 13.0 Å². The Morgan fingerprint density at radius 1 is 1.55 bits per heavy atom. The molecule has 0 aliphatic carbocycles. The third-order valence-corrected chi connectivity index (χ3v) is 1.29. The summed E-state index contributed by atoms with van der Waals surface area (Å²) in [5, 5.41) is 10.2. The standard InChI is InChI=1S/C6H6N4O/c1-4-2-5(10-9-4)6-7-3-8-11-6/h2-3H,1H3,(H,9,10). The van der Waals surface area contributed by atoms with Crippen molar-refractivity contribution in [2.75, 3.05) is 0 Å². The minimum absolute atomic E-state index is 0.439. The van der Waals surface area contributed by atoms with E-state index in [1.54, 1.807) is 0 Å². The molecule has 5 heteroatoms. The summed E-state index contributed by atoms with van der Waals surface area (Å²) in [5.41, 5.74) is 1.65. The van der Waals surface area contributed by atoms with Gasteiger partial charge in [0.15, 0.2) is 12.0 Å². The van der Waals surface area contributed by atoms with Crippen molar-refractivity contribution in [1.82, 2.24) is 20.3 Å². The van der Waals surface area contributed by atoms with E-state index >= 15 is 0 Å². The molecule has 0 aliphatic rings. The van der Waals surface area contributed by atoms with Gasteiger partial charge in [-0.2, -0.15) is 10.1 Å². The van der Waals surface area contributed by atoms with Crippen molar-refractivity contribution in [2.45, 2.75) is 6.92 Å². The summed E-state index contributed by atoms with van der Waals surface area (Å²) >= 11 is 0. The molecule has 0 fully saturated rings. The van der Waals surface area contributed by atoms with Crippen molar-refractivity contribution in [3.63, 3.8) is 0 Å². The highest BCUT2D eigenvalue weighted by Gasteiger charge is 2.05. The lowest BCUT2D eigenvalue weighted by atomic mass is 10.4. The lowest BCUT2D eigenvalue weighted by Crippen LogP contribution is -1.75. The van der Waals surface area contributed by atoms with Crippen molar-refractivity contribution in [3.05, 3.63) is 18.1 Å². The highest BCUT2D eigenvalue weighted by atomic mass is 16.5. The first-order valence-corrected chi connectivity index (χ1v) is 3.15. The molecule has 0 atom stereocenters. The van der Waals surface area contributed by atoms with Crippen molar-refractivity contribution in [1.29, 1.82) is 0 Å². The molecule has 0 unspecified atom stereocenters. The Hall–Kier alpha value is -1.65. The van der Waals surface area contributed by atoms with Crippen LogP contribution < -0.4 is 0 Å². The fourth-order valence-corrected chi connectivity index (χ4v) is 0.814. The van der Waals surface area contributed by atoms with Crippen molar-refractivity contribution < 1.29 is 4.52 Å². The second kappa shape index (κ2) is 2.19. The molecule has 0 saturated carbocycles. The van der Waals surface area contributed by atoms with Crippen LogP contribution in [0.2, 0.25) is 0 Å². The second-order valence-electron chi connectivity index (χ2n) is 2.18. The van der Waals surface area contributed by atoms with Crippen LogP contribution in [0.1, 0.15) is 5.69 Å². The molecule has 1 N–H and O–H groups in total. The zero-order valence-corrected chi connectivity index (χ0v) is 5.90. The maximum absolute atomic E-state index is 4.79. The van der Waals surface area contributed by atoms with Crippen LogP contribution in [0.4, 0.5) is 0 Å². The van der Waals surface area contributed by atoms with Crippen molar-refractivity contribution in [3.8, 4) is 11.6 Å². The van der Waals surface area contributed by atoms with Crippen molar-refractivity contribution >= 4 is 0 Å². The van der Waals surface area contributed by atoms with Gasteiger partial charge >= 0.3 is 0 Å². The molecule has 5 nitrogen and oxygen atoms in total. The highest BCUT2D eigenvalue weighted by Crippen LogP contribution is 2.12. The van der Waals surface area contributed by atoms with E-state index in [9.17, 15) is 0 Å². The molecule has 11 heavy (non-hydrogen) atoms. The van der Waals surface area contributed by atoms with E-state index in [2.05, 4.69) is 20.3 Å². The van der Waals surface area contributed by atoms with Gasteiger partial charge in [-0.25, -0.2) is 0 Å². The summed E-state index contributed by atoms with van der Waals surface area (Å²) in [4.78, 5) is 3.84. The molecule has 0 saturated heterocycles. The van der Waals surface area contributed by atoms with Crippen LogP contribution in [0.25, 0.3) is 11.6 Å². The average Bonchev–Trinajstić information content (AvgIpc) is 2.55. The fraction of sp³-hybridized carbons (Fsp3) is 0.167. The SMILES string of the molecule is Cc1cc(-c2ncno2)n[nH]1. The quantitative estimate of drug-likeness (QED) is 0.651. The molecule has 56 valence electrons. The number of rotatable bonds is 1. The minimum Gasteiger partial charge on any atom is -0.332 e. The van der Waals surface area contributed by atoms with Gasteiger partial charge in [0.25, 0.3) is 5.89 Å². The zero-order valence-electron chi connectivity index (χ0n) is 5.90. The second-order valence-corrected chi connectivity index (χ2v) is 2.18. The molecule has 2 rings (SSSR count). The fourth-order valence-electron chi connectivity index (χ4n) is 0.814. The molecule has 0 aromatic carbocycles. The summed E-state index contributed by atoms with van der Waals surface area (Å²) in [7, 11) is 0. The summed E-state index contributed by atoms with van der Waals surface area (Å²) in [6.07, 6.45) is 1.35. The van der Waals surface area contributed by atoms with Crippen LogP contribution in [-0.2, 0) is 0 Å². The predicted molar refractivity (Wildman–Crippen MR) is 36.6 cm³/mol. The zero-order chi connectivity index (χ0) is 7.68. The first-order chi connectivity index (χ1) is 5.36. The molecular weight excluding hydrogens is 144 g/mol. The van der Waals surface area contributed by atoms with E-state index in [-0.39, 0.29) is 0 Å². The first-order valence-electron chi connectivity index (χ1n) is 3.15. The Morgan fingerprint density at radius 3 is 3.00 bits per heavy atom. The Bertz CT molecular complexity index is 337. The number of aromatic nitrogens is 4. The van der Waals surface area contributed by atoms with Crippen LogP contribution in [0.3, 0.4) is 0 Å². The molecule has 2 heterocycles. The van der Waals surface area contributed by atoms with Crippen LogP contribution >= 0.6 is 0 Å². The average molecular weight is 150 g/mol. The van der Waals surface area contributed by atoms with E-state index in [0.29, 0.717) is 11.6 Å². The van der Waals surface area contributed by atoms with Gasteiger partial charge in [0.2, 0.25) is 0 Å². The third-order valence-electron chi connectivity index (χ3n) is 1.29. The summed E-state index contributed by atoms with van der Waals surface area (Å²) in [5.74, 6) is 0.439. The summed E-state index contributed by atoms with van der Waals surface area (Å²) < 4.78 is 4.79. The smallest absolute Gasteiger partial charge is 0.278 e. The summed E-state index contributed by atoms with van der Waals surface area (Å²) in [6.45, 7) is 1.91. The lowest BCUT2D eigenvalue weighted by Gasteiger charge is -1.79. The Labute approximate surface area is 62.4 Å². The maximum Gasteiger partial charge on any atom is 0.278 e. The van der Waals surface area contributed by atoms with Gasteiger partial charge in [0.1, 0.15) is 0 Å². The minimum atomic E-state index is 0.439. The number of nitrogens with one attached hydrogen (secondary N) is 1. The Balaban J connectivity index is 2.45. The molecular formula is C6H6N4O. The number of aryl methyl sites for hydroxylation is 1. The topological polar surface area (TPSA) is 67.6 Å². The lowest BCUT2D eigenvalue weighted by molar-refractivity contribution is 0.428. The highest BCUT2D eigenvalue weighted by molar-refractivity contribution is 5.45. The predicted octanol–water partition coefficient (Wildman–Crippen LogP) is 0.768. The third kappa shape index (κ3) is 1.000. The Morgan fingerprint density at radius 2 is 2.45 bits per heavy atom. The van der Waals surface area contributed by atoms with Gasteiger partial charge < -0.3 is 4.52 Å². The van der Waals surface area contributed by atoms with E-state index < -0.39 is 0 Å². The van der Waals surface area contributed by atoms with Crippen LogP contribution in [0.5, 0.6) is 0 Å². The number of hydrogen-bond donors (Lipinski definition) is 1. The molecule has 0 spiro atoms. The molecule has 2 aromatic heterocycles. The number of hydrogen-bond acceptors (Lipinski definition) is 4. The van der Waals surface area contributed by atoms with Gasteiger partial charge in [0.05, 0.1) is 0 Å². The largest absolute Gasteiger partial charge is 0.332 e.